The molecule has 0 aromatic rings. The summed E-state index contributed by atoms with van der Waals surface area (Å²) in [5.74, 6) is 1.58. The maximum atomic E-state index is 13.2. The lowest BCUT2D eigenvalue weighted by Gasteiger charge is -2.39. The van der Waals surface area contributed by atoms with Crippen molar-refractivity contribution in [1.29, 1.82) is 0 Å². The maximum absolute atomic E-state index is 13.2. The van der Waals surface area contributed by atoms with Gasteiger partial charge in [0.2, 0.25) is 0 Å². The zero-order chi connectivity index (χ0) is 15.2. The largest absolute Gasteiger partial charge is 0.313 e. The SMILES string of the molecule is CCCNC1CCC(CC)CC1S(=O)C1CCCC(C)C1. The lowest BCUT2D eigenvalue weighted by molar-refractivity contribution is 0.289. The Labute approximate surface area is 134 Å². The average molecular weight is 314 g/mol. The molecule has 2 nitrogen and oxygen atoms in total. The average Bonchev–Trinajstić information content (AvgIpc) is 2.52. The molecule has 0 aromatic carbocycles. The minimum absolute atomic E-state index is 0.408. The molecule has 124 valence electrons. The van der Waals surface area contributed by atoms with E-state index in [1.165, 1.54) is 57.8 Å². The highest BCUT2D eigenvalue weighted by Crippen LogP contribution is 2.35. The number of hydrogen-bond acceptors (Lipinski definition) is 2. The van der Waals surface area contributed by atoms with Crippen molar-refractivity contribution >= 4 is 10.8 Å². The Bertz CT molecular complexity index is 333. The van der Waals surface area contributed by atoms with Crippen LogP contribution in [0.2, 0.25) is 0 Å². The first-order chi connectivity index (χ1) is 10.2. The fourth-order valence-corrected chi connectivity index (χ4v) is 6.67. The van der Waals surface area contributed by atoms with Crippen LogP contribution in [0.1, 0.15) is 78.6 Å². The predicted octanol–water partition coefficient (Wildman–Crippen LogP) is 4.26. The van der Waals surface area contributed by atoms with E-state index in [0.29, 0.717) is 16.5 Å². The van der Waals surface area contributed by atoms with Gasteiger partial charge in [0.15, 0.2) is 0 Å². The van der Waals surface area contributed by atoms with Crippen LogP contribution in [0.25, 0.3) is 0 Å². The second-order valence-electron chi connectivity index (χ2n) is 7.41. The van der Waals surface area contributed by atoms with Gasteiger partial charge >= 0.3 is 0 Å². The van der Waals surface area contributed by atoms with Crippen LogP contribution >= 0.6 is 0 Å². The monoisotopic (exact) mass is 313 g/mol. The molecule has 0 saturated heterocycles. The summed E-state index contributed by atoms with van der Waals surface area (Å²) in [5, 5.41) is 4.58. The second kappa shape index (κ2) is 8.67. The van der Waals surface area contributed by atoms with Gasteiger partial charge in [-0.1, -0.05) is 40.0 Å². The Hall–Kier alpha value is 0.110. The lowest BCUT2D eigenvalue weighted by atomic mass is 9.84. The van der Waals surface area contributed by atoms with Crippen LogP contribution in [-0.2, 0) is 10.8 Å². The third-order valence-corrected chi connectivity index (χ3v) is 7.85. The first-order valence-electron chi connectivity index (χ1n) is 9.28. The Morgan fingerprint density at radius 1 is 1.10 bits per heavy atom. The molecule has 3 heteroatoms. The van der Waals surface area contributed by atoms with Crippen LogP contribution in [0.3, 0.4) is 0 Å². The van der Waals surface area contributed by atoms with Gasteiger partial charge in [-0.25, -0.2) is 0 Å². The molecule has 2 aliphatic rings. The summed E-state index contributed by atoms with van der Waals surface area (Å²) in [6.07, 6.45) is 11.2. The summed E-state index contributed by atoms with van der Waals surface area (Å²) >= 11 is 0. The first-order valence-corrected chi connectivity index (χ1v) is 10.6. The van der Waals surface area contributed by atoms with Gasteiger partial charge in [0.05, 0.1) is 5.25 Å². The quantitative estimate of drug-likeness (QED) is 0.794. The Kier molecular flexibility index (Phi) is 7.21. The zero-order valence-electron chi connectivity index (χ0n) is 14.3. The van der Waals surface area contributed by atoms with Crippen molar-refractivity contribution in [2.24, 2.45) is 11.8 Å². The van der Waals surface area contributed by atoms with Crippen molar-refractivity contribution in [1.82, 2.24) is 5.32 Å². The van der Waals surface area contributed by atoms with Gasteiger partial charge in [-0.2, -0.15) is 0 Å². The van der Waals surface area contributed by atoms with Crippen LogP contribution in [0, 0.1) is 11.8 Å². The molecule has 0 radical (unpaired) electrons. The van der Waals surface area contributed by atoms with E-state index in [2.05, 4.69) is 26.1 Å². The Morgan fingerprint density at radius 2 is 1.90 bits per heavy atom. The van der Waals surface area contributed by atoms with Crippen molar-refractivity contribution in [3.8, 4) is 0 Å². The number of rotatable bonds is 6. The molecule has 0 bridgehead atoms. The highest BCUT2D eigenvalue weighted by Gasteiger charge is 2.37. The van der Waals surface area contributed by atoms with Gasteiger partial charge in [0, 0.05) is 22.1 Å². The van der Waals surface area contributed by atoms with E-state index in [9.17, 15) is 4.21 Å². The van der Waals surface area contributed by atoms with Crippen LogP contribution < -0.4 is 5.32 Å². The molecule has 6 atom stereocenters. The van der Waals surface area contributed by atoms with Crippen LogP contribution in [0.15, 0.2) is 0 Å². The van der Waals surface area contributed by atoms with Crippen molar-refractivity contribution in [3.05, 3.63) is 0 Å². The van der Waals surface area contributed by atoms with Crippen LogP contribution in [0.5, 0.6) is 0 Å². The van der Waals surface area contributed by atoms with E-state index < -0.39 is 10.8 Å². The number of hydrogen-bond donors (Lipinski definition) is 1. The van der Waals surface area contributed by atoms with Crippen LogP contribution in [0.4, 0.5) is 0 Å². The van der Waals surface area contributed by atoms with Crippen molar-refractivity contribution in [2.75, 3.05) is 6.54 Å². The molecular weight excluding hydrogens is 278 g/mol. The van der Waals surface area contributed by atoms with Crippen molar-refractivity contribution in [3.63, 3.8) is 0 Å². The Balaban J connectivity index is 2.01. The van der Waals surface area contributed by atoms with Gasteiger partial charge in [-0.15, -0.1) is 0 Å². The molecule has 1 N–H and O–H groups in total. The fourth-order valence-electron chi connectivity index (χ4n) is 4.24. The van der Waals surface area contributed by atoms with Gasteiger partial charge in [0.1, 0.15) is 0 Å². The molecule has 0 amide bonds. The molecule has 0 heterocycles. The molecule has 0 aromatic heterocycles. The van der Waals surface area contributed by atoms with Crippen LogP contribution in [-0.4, -0.2) is 27.3 Å². The molecule has 0 aliphatic heterocycles. The molecule has 2 rings (SSSR count). The summed E-state index contributed by atoms with van der Waals surface area (Å²) in [5.41, 5.74) is 0. The van der Waals surface area contributed by atoms with Crippen molar-refractivity contribution < 1.29 is 4.21 Å². The molecule has 0 spiro atoms. The summed E-state index contributed by atoms with van der Waals surface area (Å²) in [6, 6.07) is 0.505. The lowest BCUT2D eigenvalue weighted by Crippen LogP contribution is -2.49. The van der Waals surface area contributed by atoms with E-state index in [4.69, 9.17) is 0 Å². The molecule has 21 heavy (non-hydrogen) atoms. The molecule has 2 aliphatic carbocycles. The zero-order valence-corrected chi connectivity index (χ0v) is 15.1. The van der Waals surface area contributed by atoms with Gasteiger partial charge < -0.3 is 5.32 Å². The highest BCUT2D eigenvalue weighted by atomic mass is 32.2. The highest BCUT2D eigenvalue weighted by molar-refractivity contribution is 7.86. The third kappa shape index (κ3) is 4.79. The maximum Gasteiger partial charge on any atom is 0.0506 e. The van der Waals surface area contributed by atoms with Crippen molar-refractivity contribution in [2.45, 2.75) is 95.1 Å². The van der Waals surface area contributed by atoms with Gasteiger partial charge in [-0.3, -0.25) is 4.21 Å². The standard InChI is InChI=1S/C18H35NOS/c1-4-11-19-17-10-9-15(5-2)13-18(17)21(20)16-8-6-7-14(3)12-16/h14-19H,4-13H2,1-3H3. The third-order valence-electron chi connectivity index (χ3n) is 5.65. The predicted molar refractivity (Wildman–Crippen MR) is 93.1 cm³/mol. The first kappa shape index (κ1) is 17.5. The van der Waals surface area contributed by atoms with Gasteiger partial charge in [-0.05, 0) is 56.9 Å². The topological polar surface area (TPSA) is 29.1 Å². The van der Waals surface area contributed by atoms with Gasteiger partial charge in [0.25, 0.3) is 0 Å². The number of nitrogens with one attached hydrogen (secondary N) is 1. The summed E-state index contributed by atoms with van der Waals surface area (Å²) in [4.78, 5) is 0. The molecule has 2 fully saturated rings. The van der Waals surface area contributed by atoms with E-state index >= 15 is 0 Å². The normalized spacial score (nSPS) is 39.1. The van der Waals surface area contributed by atoms with E-state index in [0.717, 1.165) is 18.4 Å². The minimum atomic E-state index is -0.632. The summed E-state index contributed by atoms with van der Waals surface area (Å²) < 4.78 is 13.2. The van der Waals surface area contributed by atoms with E-state index in [-0.39, 0.29) is 0 Å². The molecule has 6 unspecified atom stereocenters. The summed E-state index contributed by atoms with van der Waals surface area (Å²) in [6.45, 7) is 7.94. The molecule has 2 saturated carbocycles. The van der Waals surface area contributed by atoms with E-state index in [1.54, 1.807) is 0 Å². The fraction of sp³-hybridized carbons (Fsp3) is 1.00. The minimum Gasteiger partial charge on any atom is -0.313 e. The molecular formula is C18H35NOS. The summed E-state index contributed by atoms with van der Waals surface area (Å²) in [7, 11) is -0.632. The second-order valence-corrected chi connectivity index (χ2v) is 9.34. The Morgan fingerprint density at radius 3 is 2.57 bits per heavy atom. The smallest absolute Gasteiger partial charge is 0.0506 e. The van der Waals surface area contributed by atoms with E-state index in [1.807, 2.05) is 0 Å².